The highest BCUT2D eigenvalue weighted by Crippen LogP contribution is 2.60. The second-order valence-corrected chi connectivity index (χ2v) is 8.99. The van der Waals surface area contributed by atoms with Crippen LogP contribution in [-0.4, -0.2) is 20.5 Å². The Hall–Kier alpha value is -0.790. The average molecular weight is 452 g/mol. The summed E-state index contributed by atoms with van der Waals surface area (Å²) in [6.45, 7) is 0. The molecule has 0 radical (unpaired) electrons. The third-order valence-electron chi connectivity index (χ3n) is 3.47. The molecular weight excluding hydrogens is 435 g/mol. The summed E-state index contributed by atoms with van der Waals surface area (Å²) < 4.78 is 38.5. The van der Waals surface area contributed by atoms with E-state index in [-0.39, 0.29) is 4.47 Å². The number of unbranched alkanes of at least 4 members (excludes halogenated alkanes) is 1. The molecule has 1 heterocycles. The monoisotopic (exact) mass is 451 g/mol. The van der Waals surface area contributed by atoms with Crippen LogP contribution in [0.4, 0.5) is 8.78 Å². The lowest BCUT2D eigenvalue weighted by Crippen LogP contribution is -2.14. The van der Waals surface area contributed by atoms with Crippen molar-refractivity contribution >= 4 is 35.3 Å². The molecule has 0 aliphatic rings. The Balaban J connectivity index is 1.88. The van der Waals surface area contributed by atoms with Crippen molar-refractivity contribution < 1.29 is 23.1 Å². The van der Waals surface area contributed by atoms with Gasteiger partial charge >= 0.3 is 13.3 Å². The van der Waals surface area contributed by atoms with Crippen molar-refractivity contribution in [2.24, 2.45) is 0 Å². The van der Waals surface area contributed by atoms with E-state index < -0.39 is 18.8 Å². The Morgan fingerprint density at radius 3 is 2.56 bits per heavy atom. The van der Waals surface area contributed by atoms with Crippen molar-refractivity contribution in [1.82, 2.24) is 4.98 Å². The van der Waals surface area contributed by atoms with Gasteiger partial charge in [-0.15, -0.1) is 11.8 Å². The van der Waals surface area contributed by atoms with E-state index >= 15 is 0 Å². The van der Waals surface area contributed by atoms with Crippen molar-refractivity contribution in [3.8, 4) is 0 Å². The molecule has 1 aromatic carbocycles. The Morgan fingerprint density at radius 1 is 1.20 bits per heavy atom. The summed E-state index contributed by atoms with van der Waals surface area (Å²) in [4.78, 5) is 21.9. The molecule has 0 amide bonds. The van der Waals surface area contributed by atoms with Gasteiger partial charge in [0.2, 0.25) is 0 Å². The predicted molar refractivity (Wildman–Crippen MR) is 98.0 cm³/mol. The number of hydrogen-bond acceptors (Lipinski definition) is 3. The fraction of sp³-hybridized carbons (Fsp3) is 0.312. The zero-order valence-electron chi connectivity index (χ0n) is 13.1. The van der Waals surface area contributed by atoms with Crippen molar-refractivity contribution in [2.75, 3.05) is 5.75 Å². The zero-order valence-corrected chi connectivity index (χ0v) is 16.4. The molecule has 2 aromatic rings. The van der Waals surface area contributed by atoms with Crippen LogP contribution in [0.25, 0.3) is 0 Å². The second kappa shape index (κ2) is 8.73. The van der Waals surface area contributed by atoms with E-state index in [9.17, 15) is 13.3 Å². The lowest BCUT2D eigenvalue weighted by molar-refractivity contribution is 0.0557. The molecule has 0 saturated carbocycles. The van der Waals surface area contributed by atoms with Crippen LogP contribution < -0.4 is 0 Å². The quantitative estimate of drug-likeness (QED) is 0.328. The van der Waals surface area contributed by atoms with Crippen molar-refractivity contribution in [2.45, 2.75) is 30.0 Å². The molecule has 0 bridgehead atoms. The van der Waals surface area contributed by atoms with E-state index in [0.29, 0.717) is 6.42 Å². The van der Waals surface area contributed by atoms with Crippen molar-refractivity contribution in [1.29, 1.82) is 0 Å². The third-order valence-corrected chi connectivity index (χ3v) is 6.13. The van der Waals surface area contributed by atoms with E-state index in [2.05, 4.69) is 20.9 Å². The summed E-state index contributed by atoms with van der Waals surface area (Å²) in [7, 11) is -5.56. The molecule has 0 saturated heterocycles. The SMILES string of the molecule is O=P(O)(O)C(F)(F)c1ccc(CCCCSc2ccccn2)cc1Br. The average Bonchev–Trinajstić information content (AvgIpc) is 2.54. The fourth-order valence-corrected chi connectivity index (χ4v) is 4.36. The smallest absolute Gasteiger partial charge is 0.320 e. The van der Waals surface area contributed by atoms with Gasteiger partial charge in [-0.2, -0.15) is 8.78 Å². The van der Waals surface area contributed by atoms with E-state index in [1.54, 1.807) is 18.0 Å². The summed E-state index contributed by atoms with van der Waals surface area (Å²) in [6.07, 6.45) is 4.26. The number of rotatable bonds is 8. The normalized spacial score (nSPS) is 12.4. The summed E-state index contributed by atoms with van der Waals surface area (Å²) in [5, 5.41) is 0.967. The summed E-state index contributed by atoms with van der Waals surface area (Å²) in [6, 6.07) is 9.78. The Bertz CT molecular complexity index is 758. The number of aromatic nitrogens is 1. The number of aryl methyl sites for hydroxylation is 1. The van der Waals surface area contributed by atoms with E-state index in [4.69, 9.17) is 9.79 Å². The van der Waals surface area contributed by atoms with E-state index in [1.165, 1.54) is 12.1 Å². The molecule has 0 aliphatic carbocycles. The first-order valence-corrected chi connectivity index (χ1v) is 10.9. The number of benzene rings is 1. The minimum atomic E-state index is -5.56. The highest BCUT2D eigenvalue weighted by Gasteiger charge is 2.51. The van der Waals surface area contributed by atoms with Gasteiger partial charge in [0.1, 0.15) is 0 Å². The van der Waals surface area contributed by atoms with Gasteiger partial charge in [-0.05, 0) is 48.8 Å². The van der Waals surface area contributed by atoms with Gasteiger partial charge in [0.05, 0.1) is 5.03 Å². The largest absolute Gasteiger partial charge is 0.399 e. The number of hydrogen-bond donors (Lipinski definition) is 2. The van der Waals surface area contributed by atoms with Gasteiger partial charge in [-0.1, -0.05) is 34.1 Å². The van der Waals surface area contributed by atoms with E-state index in [1.807, 2.05) is 18.2 Å². The van der Waals surface area contributed by atoms with Gasteiger partial charge in [0, 0.05) is 16.2 Å². The highest BCUT2D eigenvalue weighted by atomic mass is 79.9. The number of nitrogens with zero attached hydrogens (tertiary/aromatic N) is 1. The highest BCUT2D eigenvalue weighted by molar-refractivity contribution is 9.10. The summed E-state index contributed by atoms with van der Waals surface area (Å²) in [5.41, 5.74) is -4.07. The van der Waals surface area contributed by atoms with Gasteiger partial charge in [-0.3, -0.25) is 4.57 Å². The lowest BCUT2D eigenvalue weighted by atomic mass is 10.1. The standard InChI is InChI=1S/C16H17BrF2NO3PS/c17-14-11-12(7-8-13(14)16(18,19)24(21,22)23)5-2-4-10-25-15-6-1-3-9-20-15/h1,3,6-9,11H,2,4-5,10H2,(H2,21,22,23). The molecule has 25 heavy (non-hydrogen) atoms. The van der Waals surface area contributed by atoms with Crippen molar-refractivity contribution in [3.63, 3.8) is 0 Å². The van der Waals surface area contributed by atoms with Gasteiger partial charge in [0.25, 0.3) is 0 Å². The van der Waals surface area contributed by atoms with Crippen LogP contribution in [0.1, 0.15) is 24.0 Å². The predicted octanol–water partition coefficient (Wildman–Crippen LogP) is 5.19. The van der Waals surface area contributed by atoms with Gasteiger partial charge < -0.3 is 9.79 Å². The Morgan fingerprint density at radius 2 is 1.96 bits per heavy atom. The third kappa shape index (κ3) is 5.59. The summed E-state index contributed by atoms with van der Waals surface area (Å²) >= 11 is 4.65. The Labute approximate surface area is 157 Å². The van der Waals surface area contributed by atoms with E-state index in [0.717, 1.165) is 35.3 Å². The minimum absolute atomic E-state index is 0.00110. The first-order chi connectivity index (χ1) is 11.7. The maximum Gasteiger partial charge on any atom is 0.399 e. The molecular formula is C16H17BrF2NO3PS. The molecule has 136 valence electrons. The molecule has 2 N–H and O–H groups in total. The van der Waals surface area contributed by atoms with Gasteiger partial charge in [-0.25, -0.2) is 4.98 Å². The molecule has 9 heteroatoms. The molecule has 0 aliphatic heterocycles. The number of thioether (sulfide) groups is 1. The van der Waals surface area contributed by atoms with Crippen LogP contribution in [-0.2, 0) is 16.6 Å². The molecule has 1 aromatic heterocycles. The number of alkyl halides is 2. The molecule has 2 rings (SSSR count). The second-order valence-electron chi connectivity index (χ2n) is 5.37. The lowest BCUT2D eigenvalue weighted by Gasteiger charge is -2.19. The Kier molecular flexibility index (Phi) is 7.17. The maximum atomic E-state index is 13.8. The van der Waals surface area contributed by atoms with Crippen LogP contribution in [0.2, 0.25) is 0 Å². The maximum absolute atomic E-state index is 13.8. The minimum Gasteiger partial charge on any atom is -0.320 e. The molecule has 4 nitrogen and oxygen atoms in total. The zero-order chi connectivity index (χ0) is 18.5. The first-order valence-electron chi connectivity index (χ1n) is 7.48. The molecule has 0 fully saturated rings. The molecule has 0 atom stereocenters. The molecule has 0 spiro atoms. The van der Waals surface area contributed by atoms with Crippen LogP contribution >= 0.6 is 35.3 Å². The number of halogens is 3. The summed E-state index contributed by atoms with van der Waals surface area (Å²) in [5.74, 6) is 0.909. The van der Waals surface area contributed by atoms with Crippen LogP contribution in [0, 0.1) is 0 Å². The van der Waals surface area contributed by atoms with Crippen molar-refractivity contribution in [3.05, 3.63) is 58.2 Å². The van der Waals surface area contributed by atoms with Crippen LogP contribution in [0.15, 0.2) is 52.1 Å². The topological polar surface area (TPSA) is 70.4 Å². The number of pyridine rings is 1. The van der Waals surface area contributed by atoms with Gasteiger partial charge in [0.15, 0.2) is 0 Å². The molecule has 0 unspecified atom stereocenters. The first kappa shape index (κ1) is 20.5. The van der Waals surface area contributed by atoms with Crippen LogP contribution in [0.5, 0.6) is 0 Å². The fourth-order valence-electron chi connectivity index (χ4n) is 2.16. The van der Waals surface area contributed by atoms with Crippen LogP contribution in [0.3, 0.4) is 0 Å².